The van der Waals surface area contributed by atoms with Gasteiger partial charge in [-0.2, -0.15) is 0 Å². The van der Waals surface area contributed by atoms with E-state index in [0.29, 0.717) is 0 Å². The minimum atomic E-state index is -4.10. The van der Waals surface area contributed by atoms with Gasteiger partial charge in [-0.05, 0) is 32.0 Å². The van der Waals surface area contributed by atoms with Gasteiger partial charge in [-0.3, -0.25) is 9.79 Å². The van der Waals surface area contributed by atoms with Crippen molar-refractivity contribution in [1.29, 1.82) is 0 Å². The number of benzene rings is 1. The first-order valence-electron chi connectivity index (χ1n) is 9.07. The number of nitrogens with zero attached hydrogens (tertiary/aromatic N) is 3. The molecular formula is C19H21F2N5O4S. The van der Waals surface area contributed by atoms with Crippen molar-refractivity contribution in [2.45, 2.75) is 24.1 Å². The molecule has 0 bridgehead atoms. The second-order valence-electron chi connectivity index (χ2n) is 7.49. The summed E-state index contributed by atoms with van der Waals surface area (Å²) in [6.07, 6.45) is 2.47. The highest BCUT2D eigenvalue weighted by molar-refractivity contribution is 7.93. The van der Waals surface area contributed by atoms with Gasteiger partial charge in [-0.15, -0.1) is 0 Å². The number of nitrogens with one attached hydrogen (secondary N) is 1. The third-order valence-electron chi connectivity index (χ3n) is 5.20. The Balaban J connectivity index is 1.96. The highest BCUT2D eigenvalue weighted by Crippen LogP contribution is 2.39. The van der Waals surface area contributed by atoms with E-state index in [0.717, 1.165) is 13.0 Å². The predicted octanol–water partition coefficient (Wildman–Crippen LogP) is 1.61. The molecule has 1 aliphatic heterocycles. The summed E-state index contributed by atoms with van der Waals surface area (Å²) in [5, 5.41) is 2.54. The molecule has 1 aromatic heterocycles. The van der Waals surface area contributed by atoms with Gasteiger partial charge in [0.2, 0.25) is 5.88 Å². The van der Waals surface area contributed by atoms with Crippen LogP contribution in [-0.2, 0) is 15.4 Å². The number of methoxy groups -OCH3 is 1. The van der Waals surface area contributed by atoms with Crippen LogP contribution in [0.1, 0.15) is 29.9 Å². The molecule has 2 atom stereocenters. The Hall–Kier alpha value is -3.15. The first-order valence-corrected chi connectivity index (χ1v) is 10.7. The molecule has 12 heteroatoms. The number of hydrogen-bond acceptors (Lipinski definition) is 8. The Morgan fingerprint density at radius 2 is 2.00 bits per heavy atom. The maximum Gasteiger partial charge on any atom is 0.275 e. The number of halogens is 2. The fourth-order valence-corrected chi connectivity index (χ4v) is 4.95. The summed E-state index contributed by atoms with van der Waals surface area (Å²) in [6, 6.07) is 3.62. The molecule has 0 fully saturated rings. The average molecular weight is 453 g/mol. The lowest BCUT2D eigenvalue weighted by molar-refractivity contribution is 0.102. The number of aliphatic imine (C=N–C) groups is 1. The largest absolute Gasteiger partial charge is 0.480 e. The zero-order valence-corrected chi connectivity index (χ0v) is 17.8. The third kappa shape index (κ3) is 3.94. The van der Waals surface area contributed by atoms with Crippen LogP contribution in [0.4, 0.5) is 14.5 Å². The number of hydrogen-bond donors (Lipinski definition) is 2. The minimum absolute atomic E-state index is 0.0147. The lowest BCUT2D eigenvalue weighted by atomic mass is 9.92. The number of aromatic nitrogens is 2. The molecule has 2 aromatic rings. The predicted molar refractivity (Wildman–Crippen MR) is 110 cm³/mol. The zero-order valence-electron chi connectivity index (χ0n) is 17.0. The Kier molecular flexibility index (Phi) is 5.70. The van der Waals surface area contributed by atoms with Crippen molar-refractivity contribution in [3.05, 3.63) is 47.7 Å². The van der Waals surface area contributed by atoms with Gasteiger partial charge in [-0.25, -0.2) is 27.2 Å². The molecular weight excluding hydrogens is 432 g/mol. The molecule has 3 rings (SSSR count). The van der Waals surface area contributed by atoms with E-state index < -0.39 is 50.1 Å². The number of carbonyl (C=O) groups excluding carboxylic acids is 1. The normalized spacial score (nSPS) is 24.9. The summed E-state index contributed by atoms with van der Waals surface area (Å²) in [6.45, 7) is 1.28. The Labute approximate surface area is 177 Å². The second-order valence-corrected chi connectivity index (χ2v) is 9.91. The maximum atomic E-state index is 14.7. The Morgan fingerprint density at radius 1 is 1.29 bits per heavy atom. The van der Waals surface area contributed by atoms with Crippen LogP contribution >= 0.6 is 0 Å². The molecule has 0 unspecified atom stereocenters. The summed E-state index contributed by atoms with van der Waals surface area (Å²) >= 11 is 0. The van der Waals surface area contributed by atoms with Gasteiger partial charge in [0.25, 0.3) is 5.91 Å². The number of ether oxygens (including phenoxy) is 1. The second kappa shape index (κ2) is 7.84. The third-order valence-corrected chi connectivity index (χ3v) is 7.83. The molecule has 1 aromatic carbocycles. The number of anilines is 1. The number of rotatable bonds is 5. The topological polar surface area (TPSA) is 137 Å². The van der Waals surface area contributed by atoms with E-state index in [4.69, 9.17) is 10.5 Å². The van der Waals surface area contributed by atoms with Crippen LogP contribution in [0.5, 0.6) is 5.88 Å². The van der Waals surface area contributed by atoms with E-state index in [-0.39, 0.29) is 22.8 Å². The summed E-state index contributed by atoms with van der Waals surface area (Å²) in [5.41, 5.74) is 4.23. The molecule has 0 spiro atoms. The van der Waals surface area contributed by atoms with Crippen LogP contribution in [0, 0.1) is 5.82 Å². The van der Waals surface area contributed by atoms with E-state index in [9.17, 15) is 22.0 Å². The van der Waals surface area contributed by atoms with E-state index in [1.807, 2.05) is 0 Å². The number of sulfone groups is 1. The van der Waals surface area contributed by atoms with E-state index in [2.05, 4.69) is 20.3 Å². The summed E-state index contributed by atoms with van der Waals surface area (Å²) in [4.78, 5) is 24.4. The highest BCUT2D eigenvalue weighted by atomic mass is 32.2. The van der Waals surface area contributed by atoms with E-state index in [1.165, 1.54) is 38.6 Å². The molecule has 1 aliphatic rings. The quantitative estimate of drug-likeness (QED) is 0.702. The van der Waals surface area contributed by atoms with Crippen LogP contribution in [0.2, 0.25) is 0 Å². The summed E-state index contributed by atoms with van der Waals surface area (Å²) in [5.74, 6) is -2.24. The van der Waals surface area contributed by atoms with Gasteiger partial charge >= 0.3 is 0 Å². The van der Waals surface area contributed by atoms with E-state index >= 15 is 0 Å². The van der Waals surface area contributed by atoms with Crippen molar-refractivity contribution >= 4 is 27.3 Å². The molecule has 2 heterocycles. The molecule has 0 radical (unpaired) electrons. The van der Waals surface area contributed by atoms with Gasteiger partial charge < -0.3 is 15.8 Å². The average Bonchev–Trinajstić information content (AvgIpc) is 2.72. The Morgan fingerprint density at radius 3 is 2.55 bits per heavy atom. The molecule has 9 nitrogen and oxygen atoms in total. The number of alkyl halides is 1. The number of carbonyl (C=O) groups is 1. The Bertz CT molecular complexity index is 1160. The SMILES string of the molecule is COc1cnc(C(=O)Nc2ccc(F)c([C@]3(C)CS(=O)(=O)[C@](C)(CF)C(N)=N3)c2)cn1. The standard InChI is InChI=1S/C19H21F2N5O4S/c1-18(10-31(28,29)19(2,9-20)17(22)26-18)12-6-11(4-5-13(12)21)25-16(27)14-7-24-15(30-3)8-23-14/h4-8H,9-10H2,1-3H3,(H2,22,26)(H,25,27)/t18-,19+/m0/s1. The minimum Gasteiger partial charge on any atom is -0.480 e. The van der Waals surface area contributed by atoms with Crippen molar-refractivity contribution < 1.29 is 26.7 Å². The number of nitrogens with two attached hydrogens (primary N) is 1. The van der Waals surface area contributed by atoms with Crippen LogP contribution in [0.3, 0.4) is 0 Å². The van der Waals surface area contributed by atoms with Crippen molar-refractivity contribution in [1.82, 2.24) is 9.97 Å². The molecule has 166 valence electrons. The first-order chi connectivity index (χ1) is 14.5. The lowest BCUT2D eigenvalue weighted by Crippen LogP contribution is -2.58. The molecule has 1 amide bonds. The van der Waals surface area contributed by atoms with Crippen molar-refractivity contribution in [2.24, 2.45) is 10.7 Å². The summed E-state index contributed by atoms with van der Waals surface area (Å²) < 4.78 is 56.5. The van der Waals surface area contributed by atoms with Crippen LogP contribution < -0.4 is 15.8 Å². The van der Waals surface area contributed by atoms with Gasteiger partial charge in [0.05, 0.1) is 25.3 Å². The van der Waals surface area contributed by atoms with Gasteiger partial charge in [-0.1, -0.05) is 0 Å². The first kappa shape index (κ1) is 22.5. The molecule has 0 saturated heterocycles. The monoisotopic (exact) mass is 453 g/mol. The number of amidine groups is 1. The highest BCUT2D eigenvalue weighted by Gasteiger charge is 2.52. The zero-order chi connectivity index (χ0) is 23.0. The van der Waals surface area contributed by atoms with Gasteiger partial charge in [0.15, 0.2) is 14.6 Å². The van der Waals surface area contributed by atoms with Crippen molar-refractivity contribution in [3.63, 3.8) is 0 Å². The lowest BCUT2D eigenvalue weighted by Gasteiger charge is -2.38. The fourth-order valence-electron chi connectivity index (χ4n) is 3.14. The molecule has 0 aliphatic carbocycles. The van der Waals surface area contributed by atoms with Crippen LogP contribution in [0.15, 0.2) is 35.6 Å². The molecule has 0 saturated carbocycles. The van der Waals surface area contributed by atoms with Crippen LogP contribution in [-0.4, -0.2) is 54.4 Å². The summed E-state index contributed by atoms with van der Waals surface area (Å²) in [7, 11) is -2.69. The fraction of sp³-hybridized carbons (Fsp3) is 0.368. The van der Waals surface area contributed by atoms with Gasteiger partial charge in [0.1, 0.15) is 29.6 Å². The molecule has 3 N–H and O–H groups in total. The van der Waals surface area contributed by atoms with Crippen molar-refractivity contribution in [3.8, 4) is 5.88 Å². The van der Waals surface area contributed by atoms with Crippen LogP contribution in [0.25, 0.3) is 0 Å². The molecule has 31 heavy (non-hydrogen) atoms. The van der Waals surface area contributed by atoms with E-state index in [1.54, 1.807) is 0 Å². The maximum absolute atomic E-state index is 14.7. The van der Waals surface area contributed by atoms with Crippen molar-refractivity contribution in [2.75, 3.05) is 24.9 Å². The van der Waals surface area contributed by atoms with Gasteiger partial charge in [0, 0.05) is 11.3 Å². The smallest absolute Gasteiger partial charge is 0.275 e. The number of amides is 1.